The molecule has 1 amide bonds. The topological polar surface area (TPSA) is 71.2 Å². The van der Waals surface area contributed by atoms with Gasteiger partial charge in [0.1, 0.15) is 0 Å². The lowest BCUT2D eigenvalue weighted by Gasteiger charge is -2.21. The summed E-state index contributed by atoms with van der Waals surface area (Å²) < 4.78 is 1.66. The molecule has 0 aromatic carbocycles. The van der Waals surface area contributed by atoms with Gasteiger partial charge in [0.25, 0.3) is 5.91 Å². The summed E-state index contributed by atoms with van der Waals surface area (Å²) >= 11 is 0. The zero-order valence-corrected chi connectivity index (χ0v) is 12.1. The van der Waals surface area contributed by atoms with Gasteiger partial charge in [0, 0.05) is 25.8 Å². The van der Waals surface area contributed by atoms with Crippen LogP contribution in [0.4, 0.5) is 0 Å². The lowest BCUT2D eigenvalue weighted by atomic mass is 10.1. The van der Waals surface area contributed by atoms with Gasteiger partial charge in [0.15, 0.2) is 5.65 Å². The van der Waals surface area contributed by atoms with Crippen LogP contribution < -0.4 is 0 Å². The number of hydrogen-bond acceptors (Lipinski definition) is 4. The second-order valence-electron chi connectivity index (χ2n) is 4.83. The van der Waals surface area contributed by atoms with Crippen LogP contribution in [0.25, 0.3) is 11.0 Å². The Labute approximate surface area is 118 Å². The van der Waals surface area contributed by atoms with E-state index in [2.05, 4.69) is 10.1 Å². The first-order chi connectivity index (χ1) is 9.58. The number of hydrogen-bond donors (Lipinski definition) is 1. The first-order valence-electron chi connectivity index (χ1n) is 6.78. The molecule has 0 aliphatic heterocycles. The number of fused-ring (bicyclic) bond motifs is 1. The Morgan fingerprint density at radius 1 is 1.45 bits per heavy atom. The largest absolute Gasteiger partial charge is 0.395 e. The second-order valence-corrected chi connectivity index (χ2v) is 4.83. The number of nitrogens with zero attached hydrogens (tertiary/aromatic N) is 4. The molecular formula is C14H20N4O2. The first-order valence-corrected chi connectivity index (χ1v) is 6.78. The van der Waals surface area contributed by atoms with Crippen molar-refractivity contribution in [3.05, 3.63) is 23.5 Å². The van der Waals surface area contributed by atoms with Crippen molar-refractivity contribution in [3.63, 3.8) is 0 Å². The highest BCUT2D eigenvalue weighted by atomic mass is 16.3. The van der Waals surface area contributed by atoms with Crippen LogP contribution in [0, 0.1) is 6.92 Å². The molecule has 6 heteroatoms. The maximum absolute atomic E-state index is 12.7. The number of aromatic nitrogens is 3. The van der Waals surface area contributed by atoms with Crippen molar-refractivity contribution < 1.29 is 9.90 Å². The van der Waals surface area contributed by atoms with E-state index in [0.29, 0.717) is 24.3 Å². The Bertz CT molecular complexity index is 615. The molecule has 0 aliphatic rings. The van der Waals surface area contributed by atoms with Gasteiger partial charge in [-0.15, -0.1) is 0 Å². The van der Waals surface area contributed by atoms with Crippen LogP contribution >= 0.6 is 0 Å². The van der Waals surface area contributed by atoms with Crippen molar-refractivity contribution in [3.8, 4) is 0 Å². The van der Waals surface area contributed by atoms with Gasteiger partial charge >= 0.3 is 0 Å². The Kier molecular flexibility index (Phi) is 4.34. The SMILES string of the molecule is CCCN(CCO)C(=O)c1cc(C)nc2c1cnn2C. The maximum Gasteiger partial charge on any atom is 0.254 e. The minimum absolute atomic E-state index is 0.0357. The van der Waals surface area contributed by atoms with E-state index >= 15 is 0 Å². The molecule has 0 atom stereocenters. The maximum atomic E-state index is 12.7. The Hall–Kier alpha value is -1.95. The van der Waals surface area contributed by atoms with Crippen molar-refractivity contribution in [2.24, 2.45) is 7.05 Å². The molecule has 2 heterocycles. The van der Waals surface area contributed by atoms with Gasteiger partial charge in [0.2, 0.25) is 0 Å². The van der Waals surface area contributed by atoms with E-state index in [9.17, 15) is 4.79 Å². The van der Waals surface area contributed by atoms with Crippen molar-refractivity contribution >= 4 is 16.9 Å². The molecule has 0 fully saturated rings. The van der Waals surface area contributed by atoms with E-state index in [1.54, 1.807) is 28.9 Å². The minimum atomic E-state index is -0.0793. The Morgan fingerprint density at radius 2 is 2.20 bits per heavy atom. The molecule has 2 aromatic rings. The predicted molar refractivity (Wildman–Crippen MR) is 76.5 cm³/mol. The van der Waals surface area contributed by atoms with Gasteiger partial charge in [-0.05, 0) is 19.4 Å². The fourth-order valence-electron chi connectivity index (χ4n) is 2.29. The van der Waals surface area contributed by atoms with Gasteiger partial charge < -0.3 is 10.0 Å². The van der Waals surface area contributed by atoms with Gasteiger partial charge in [-0.2, -0.15) is 5.10 Å². The monoisotopic (exact) mass is 276 g/mol. The number of carbonyl (C=O) groups is 1. The fraction of sp³-hybridized carbons (Fsp3) is 0.500. The normalized spacial score (nSPS) is 11.0. The zero-order chi connectivity index (χ0) is 14.7. The number of aliphatic hydroxyl groups excluding tert-OH is 1. The number of carbonyl (C=O) groups excluding carboxylic acids is 1. The summed E-state index contributed by atoms with van der Waals surface area (Å²) in [4.78, 5) is 18.7. The van der Waals surface area contributed by atoms with E-state index in [4.69, 9.17) is 5.11 Å². The van der Waals surface area contributed by atoms with Crippen LogP contribution in [0.3, 0.4) is 0 Å². The quantitative estimate of drug-likeness (QED) is 0.888. The van der Waals surface area contributed by atoms with E-state index in [1.165, 1.54) is 0 Å². The molecule has 6 nitrogen and oxygen atoms in total. The van der Waals surface area contributed by atoms with E-state index in [-0.39, 0.29) is 12.5 Å². The van der Waals surface area contributed by atoms with Gasteiger partial charge in [-0.3, -0.25) is 9.48 Å². The molecule has 108 valence electrons. The average Bonchev–Trinajstić information content (AvgIpc) is 2.79. The number of amides is 1. The van der Waals surface area contributed by atoms with E-state index in [0.717, 1.165) is 17.5 Å². The van der Waals surface area contributed by atoms with Crippen LogP contribution in [0.2, 0.25) is 0 Å². The number of aryl methyl sites for hydroxylation is 2. The van der Waals surface area contributed by atoms with Gasteiger partial charge in [0.05, 0.1) is 23.8 Å². The van der Waals surface area contributed by atoms with Gasteiger partial charge in [-0.1, -0.05) is 6.92 Å². The van der Waals surface area contributed by atoms with Crippen LogP contribution in [-0.4, -0.2) is 50.4 Å². The van der Waals surface area contributed by atoms with Gasteiger partial charge in [-0.25, -0.2) is 4.98 Å². The number of rotatable bonds is 5. The molecule has 2 rings (SSSR count). The fourth-order valence-corrected chi connectivity index (χ4v) is 2.29. The van der Waals surface area contributed by atoms with Crippen molar-refractivity contribution in [1.29, 1.82) is 0 Å². The van der Waals surface area contributed by atoms with Crippen LogP contribution in [0.5, 0.6) is 0 Å². The third-order valence-corrected chi connectivity index (χ3v) is 3.21. The Balaban J connectivity index is 2.47. The van der Waals surface area contributed by atoms with Crippen LogP contribution in [0.15, 0.2) is 12.3 Å². The molecular weight excluding hydrogens is 256 g/mol. The zero-order valence-electron chi connectivity index (χ0n) is 12.1. The standard InChI is InChI=1S/C14H20N4O2/c1-4-5-18(6-7-19)14(20)11-8-10(2)16-13-12(11)9-15-17(13)3/h8-9,19H,4-7H2,1-3H3. The van der Waals surface area contributed by atoms with Crippen molar-refractivity contribution in [2.45, 2.75) is 20.3 Å². The summed E-state index contributed by atoms with van der Waals surface area (Å²) in [7, 11) is 1.81. The van der Waals surface area contributed by atoms with Crippen molar-refractivity contribution in [2.75, 3.05) is 19.7 Å². The summed E-state index contributed by atoms with van der Waals surface area (Å²) in [5.41, 5.74) is 2.08. The third-order valence-electron chi connectivity index (χ3n) is 3.21. The van der Waals surface area contributed by atoms with Crippen LogP contribution in [-0.2, 0) is 7.05 Å². The summed E-state index contributed by atoms with van der Waals surface area (Å²) in [5.74, 6) is -0.0793. The molecule has 0 saturated heterocycles. The van der Waals surface area contributed by atoms with Crippen LogP contribution in [0.1, 0.15) is 29.4 Å². The predicted octanol–water partition coefficient (Wildman–Crippen LogP) is 1.12. The molecule has 0 unspecified atom stereocenters. The number of aliphatic hydroxyl groups is 1. The highest BCUT2D eigenvalue weighted by Gasteiger charge is 2.19. The molecule has 2 aromatic heterocycles. The average molecular weight is 276 g/mol. The highest BCUT2D eigenvalue weighted by Crippen LogP contribution is 2.19. The number of pyridine rings is 1. The highest BCUT2D eigenvalue weighted by molar-refractivity contribution is 6.05. The Morgan fingerprint density at radius 3 is 2.85 bits per heavy atom. The second kappa shape index (κ2) is 6.00. The summed E-state index contributed by atoms with van der Waals surface area (Å²) in [6, 6.07) is 1.78. The summed E-state index contributed by atoms with van der Waals surface area (Å²) in [6.45, 7) is 4.80. The molecule has 20 heavy (non-hydrogen) atoms. The smallest absolute Gasteiger partial charge is 0.254 e. The molecule has 0 saturated carbocycles. The lowest BCUT2D eigenvalue weighted by Crippen LogP contribution is -2.34. The molecule has 0 bridgehead atoms. The first kappa shape index (κ1) is 14.5. The third kappa shape index (κ3) is 2.65. The van der Waals surface area contributed by atoms with E-state index in [1.807, 2.05) is 13.8 Å². The molecule has 0 radical (unpaired) electrons. The molecule has 0 aliphatic carbocycles. The minimum Gasteiger partial charge on any atom is -0.395 e. The summed E-state index contributed by atoms with van der Waals surface area (Å²) in [6.07, 6.45) is 2.52. The lowest BCUT2D eigenvalue weighted by molar-refractivity contribution is 0.0724. The molecule has 0 spiro atoms. The van der Waals surface area contributed by atoms with E-state index < -0.39 is 0 Å². The summed E-state index contributed by atoms with van der Waals surface area (Å²) in [5, 5.41) is 14.0. The molecule has 1 N–H and O–H groups in total. The van der Waals surface area contributed by atoms with Crippen molar-refractivity contribution in [1.82, 2.24) is 19.7 Å².